The van der Waals surface area contributed by atoms with E-state index in [1.165, 1.54) is 28.2 Å². The second-order valence-corrected chi connectivity index (χ2v) is 8.93. The molecule has 6 nitrogen and oxygen atoms in total. The summed E-state index contributed by atoms with van der Waals surface area (Å²) in [5, 5.41) is 13.1. The van der Waals surface area contributed by atoms with Gasteiger partial charge in [0.25, 0.3) is 0 Å². The van der Waals surface area contributed by atoms with E-state index in [9.17, 15) is 5.11 Å². The minimum atomic E-state index is 0.126. The van der Waals surface area contributed by atoms with Crippen molar-refractivity contribution >= 4 is 17.2 Å². The Morgan fingerprint density at radius 1 is 1.28 bits per heavy atom. The van der Waals surface area contributed by atoms with Gasteiger partial charge < -0.3 is 20.2 Å². The number of rotatable bonds is 4. The SMILES string of the molecule is C[C@@H]1CCc2ncnc(N3CC4(CCNCC4)c4c(N(C)CCO)cccc43)c21. The van der Waals surface area contributed by atoms with E-state index >= 15 is 0 Å². The Morgan fingerprint density at radius 3 is 2.90 bits per heavy atom. The van der Waals surface area contributed by atoms with Gasteiger partial charge >= 0.3 is 0 Å². The number of benzene rings is 1. The first-order chi connectivity index (χ1) is 14.1. The summed E-state index contributed by atoms with van der Waals surface area (Å²) in [6.07, 6.45) is 6.23. The average Bonchev–Trinajstić information content (AvgIpc) is 3.28. The number of nitrogens with one attached hydrogen (secondary N) is 1. The Morgan fingerprint density at radius 2 is 2.10 bits per heavy atom. The van der Waals surface area contributed by atoms with Gasteiger partial charge in [-0.05, 0) is 56.8 Å². The molecular weight excluding hydrogens is 362 g/mol. The van der Waals surface area contributed by atoms with Gasteiger partial charge in [-0.2, -0.15) is 0 Å². The molecule has 29 heavy (non-hydrogen) atoms. The number of hydrogen-bond donors (Lipinski definition) is 2. The molecule has 0 unspecified atom stereocenters. The first-order valence-electron chi connectivity index (χ1n) is 10.9. The lowest BCUT2D eigenvalue weighted by atomic mass is 9.74. The molecule has 0 bridgehead atoms. The van der Waals surface area contributed by atoms with E-state index in [2.05, 4.69) is 52.3 Å². The van der Waals surface area contributed by atoms with Crippen LogP contribution in [0.15, 0.2) is 24.5 Å². The molecule has 2 N–H and O–H groups in total. The van der Waals surface area contributed by atoms with Crippen molar-refractivity contribution in [1.29, 1.82) is 0 Å². The second kappa shape index (κ2) is 7.26. The molecule has 5 rings (SSSR count). The number of aliphatic hydroxyl groups excluding tert-OH is 1. The highest BCUT2D eigenvalue weighted by Gasteiger charge is 2.47. The number of likely N-dealkylation sites (N-methyl/N-ethyl adjacent to an activating group) is 1. The molecule has 0 amide bonds. The predicted molar refractivity (Wildman–Crippen MR) is 116 cm³/mol. The van der Waals surface area contributed by atoms with Crippen LogP contribution in [0.2, 0.25) is 0 Å². The number of aliphatic hydroxyl groups is 1. The minimum absolute atomic E-state index is 0.126. The van der Waals surface area contributed by atoms with Gasteiger partial charge in [0.05, 0.1) is 6.61 Å². The van der Waals surface area contributed by atoms with Gasteiger partial charge in [0.2, 0.25) is 0 Å². The first-order valence-corrected chi connectivity index (χ1v) is 10.9. The maximum Gasteiger partial charge on any atom is 0.140 e. The third-order valence-electron chi connectivity index (χ3n) is 7.22. The van der Waals surface area contributed by atoms with Crippen molar-refractivity contribution in [1.82, 2.24) is 15.3 Å². The van der Waals surface area contributed by atoms with E-state index in [0.29, 0.717) is 12.5 Å². The molecule has 0 radical (unpaired) electrons. The average molecular weight is 394 g/mol. The summed E-state index contributed by atoms with van der Waals surface area (Å²) >= 11 is 0. The lowest BCUT2D eigenvalue weighted by Gasteiger charge is -2.37. The normalized spacial score (nSPS) is 22.0. The molecular formula is C23H31N5O. The Kier molecular flexibility index (Phi) is 4.71. The highest BCUT2D eigenvalue weighted by molar-refractivity contribution is 5.80. The Hall–Kier alpha value is -2.18. The van der Waals surface area contributed by atoms with E-state index in [1.54, 1.807) is 6.33 Å². The molecule has 6 heteroatoms. The molecule has 0 saturated carbocycles. The molecule has 154 valence electrons. The zero-order valence-electron chi connectivity index (χ0n) is 17.5. The molecule has 2 aromatic rings. The molecule has 1 spiro atoms. The highest BCUT2D eigenvalue weighted by Crippen LogP contribution is 2.53. The number of nitrogens with zero attached hydrogens (tertiary/aromatic N) is 4. The van der Waals surface area contributed by atoms with Crippen LogP contribution in [-0.4, -0.2) is 54.9 Å². The van der Waals surface area contributed by atoms with Crippen molar-refractivity contribution < 1.29 is 5.11 Å². The summed E-state index contributed by atoms with van der Waals surface area (Å²) in [4.78, 5) is 14.1. The van der Waals surface area contributed by atoms with E-state index in [0.717, 1.165) is 51.1 Å². The lowest BCUT2D eigenvalue weighted by Crippen LogP contribution is -2.43. The highest BCUT2D eigenvalue weighted by atomic mass is 16.3. The second-order valence-electron chi connectivity index (χ2n) is 8.93. The smallest absolute Gasteiger partial charge is 0.140 e. The molecule has 1 aromatic carbocycles. The molecule has 1 fully saturated rings. The van der Waals surface area contributed by atoms with Crippen LogP contribution in [-0.2, 0) is 11.8 Å². The molecule has 1 atom stereocenters. The molecule has 1 saturated heterocycles. The zero-order chi connectivity index (χ0) is 20.0. The Labute approximate surface area is 173 Å². The maximum absolute atomic E-state index is 9.53. The van der Waals surface area contributed by atoms with Gasteiger partial charge in [0.1, 0.15) is 12.1 Å². The summed E-state index contributed by atoms with van der Waals surface area (Å²) in [5.74, 6) is 1.62. The number of aromatic nitrogens is 2. The molecule has 3 heterocycles. The van der Waals surface area contributed by atoms with Crippen LogP contribution in [0.4, 0.5) is 17.2 Å². The fraction of sp³-hybridized carbons (Fsp3) is 0.565. The third kappa shape index (κ3) is 2.92. The van der Waals surface area contributed by atoms with Crippen molar-refractivity contribution in [2.24, 2.45) is 0 Å². The van der Waals surface area contributed by atoms with Gasteiger partial charge in [-0.3, -0.25) is 0 Å². The fourth-order valence-electron chi connectivity index (χ4n) is 5.69. The molecule has 2 aliphatic heterocycles. The summed E-state index contributed by atoms with van der Waals surface area (Å²) in [6.45, 7) is 6.18. The standard InChI is InChI=1S/C23H31N5O/c1-16-6-7-17-20(16)22(26-15-25-17)28-14-23(8-10-24-11-9-23)21-18(27(2)12-13-29)4-3-5-19(21)28/h3-5,15-16,24,29H,6-14H2,1-2H3/t16-/m1/s1. The largest absolute Gasteiger partial charge is 0.395 e. The van der Waals surface area contributed by atoms with Crippen molar-refractivity contribution in [3.63, 3.8) is 0 Å². The Balaban J connectivity index is 1.67. The first kappa shape index (κ1) is 18.8. The molecule has 3 aliphatic rings. The third-order valence-corrected chi connectivity index (χ3v) is 7.22. The number of hydrogen-bond acceptors (Lipinski definition) is 6. The van der Waals surface area contributed by atoms with Gasteiger partial charge in [0.15, 0.2) is 0 Å². The van der Waals surface area contributed by atoms with Gasteiger partial charge in [-0.15, -0.1) is 0 Å². The van der Waals surface area contributed by atoms with Crippen LogP contribution in [0.1, 0.15) is 48.9 Å². The van der Waals surface area contributed by atoms with Crippen LogP contribution in [0.25, 0.3) is 0 Å². The predicted octanol–water partition coefficient (Wildman–Crippen LogP) is 2.73. The minimum Gasteiger partial charge on any atom is -0.395 e. The summed E-state index contributed by atoms with van der Waals surface area (Å²) in [6, 6.07) is 6.63. The Bertz CT molecular complexity index is 908. The van der Waals surface area contributed by atoms with Crippen LogP contribution < -0.4 is 15.1 Å². The summed E-state index contributed by atoms with van der Waals surface area (Å²) < 4.78 is 0. The van der Waals surface area contributed by atoms with E-state index in [-0.39, 0.29) is 12.0 Å². The van der Waals surface area contributed by atoms with Crippen molar-refractivity contribution in [2.75, 3.05) is 49.6 Å². The van der Waals surface area contributed by atoms with E-state index in [1.807, 2.05) is 0 Å². The molecule has 1 aromatic heterocycles. The maximum atomic E-state index is 9.53. The van der Waals surface area contributed by atoms with Crippen molar-refractivity contribution in [3.8, 4) is 0 Å². The van der Waals surface area contributed by atoms with Gasteiger partial charge in [0, 0.05) is 53.7 Å². The summed E-state index contributed by atoms with van der Waals surface area (Å²) in [7, 11) is 2.09. The van der Waals surface area contributed by atoms with Crippen LogP contribution in [0.5, 0.6) is 0 Å². The monoisotopic (exact) mass is 393 g/mol. The molecule has 1 aliphatic carbocycles. The number of anilines is 3. The van der Waals surface area contributed by atoms with Crippen LogP contribution in [0, 0.1) is 0 Å². The number of fused-ring (bicyclic) bond motifs is 3. The van der Waals surface area contributed by atoms with Crippen LogP contribution >= 0.6 is 0 Å². The number of piperidine rings is 1. The van der Waals surface area contributed by atoms with Crippen LogP contribution in [0.3, 0.4) is 0 Å². The van der Waals surface area contributed by atoms with Gasteiger partial charge in [-0.25, -0.2) is 9.97 Å². The quantitative estimate of drug-likeness (QED) is 0.833. The van der Waals surface area contributed by atoms with Crippen molar-refractivity contribution in [3.05, 3.63) is 41.3 Å². The van der Waals surface area contributed by atoms with Crippen molar-refractivity contribution in [2.45, 2.75) is 43.9 Å². The zero-order valence-corrected chi connectivity index (χ0v) is 17.5. The number of aryl methyl sites for hydroxylation is 1. The topological polar surface area (TPSA) is 64.5 Å². The van der Waals surface area contributed by atoms with E-state index in [4.69, 9.17) is 4.98 Å². The summed E-state index contributed by atoms with van der Waals surface area (Å²) in [5.41, 5.74) is 6.67. The van der Waals surface area contributed by atoms with Gasteiger partial charge in [-0.1, -0.05) is 13.0 Å². The fourth-order valence-corrected chi connectivity index (χ4v) is 5.69. The lowest BCUT2D eigenvalue weighted by molar-refractivity contribution is 0.303. The van der Waals surface area contributed by atoms with E-state index < -0.39 is 0 Å².